The average molecular weight is 254 g/mol. The number of halogens is 5. The molecule has 0 fully saturated rings. The van der Waals surface area contributed by atoms with Gasteiger partial charge in [-0.05, 0) is 0 Å². The fraction of sp³-hybridized carbons (Fsp3) is 0. The number of hydrogen-bond acceptors (Lipinski definition) is 1. The zero-order valence-corrected chi connectivity index (χ0v) is 11.2. The summed E-state index contributed by atoms with van der Waals surface area (Å²) in [6.45, 7) is -5.13. The van der Waals surface area contributed by atoms with Crippen LogP contribution in [0.2, 0.25) is 10.2 Å². The Hall–Kier alpha value is 1.22. The molecule has 1 rings (SSSR count). The maximum Gasteiger partial charge on any atom is 1.00 e. The molecule has 1 heterocycles. The molecule has 1 aromatic rings. The molecule has 66 valence electrons. The van der Waals surface area contributed by atoms with Crippen LogP contribution in [0.1, 0.15) is 0 Å². The van der Waals surface area contributed by atoms with E-state index >= 15 is 0 Å². The Morgan fingerprint density at radius 2 is 1.77 bits per heavy atom. The first-order valence-corrected chi connectivity index (χ1v) is 3.68. The Bertz CT molecular complexity index is 306. The minimum absolute atomic E-state index is 0. The molecule has 0 unspecified atom stereocenters. The van der Waals surface area contributed by atoms with Gasteiger partial charge in [0.1, 0.15) is 5.15 Å². The Kier molecular flexibility index (Phi) is 5.85. The average Bonchev–Trinajstić information content (AvgIpc) is 1.92. The predicted molar refractivity (Wildman–Crippen MR) is 43.0 cm³/mol. The van der Waals surface area contributed by atoms with Crippen molar-refractivity contribution in [1.29, 1.82) is 0 Å². The molecule has 1 aromatic heterocycles. The third kappa shape index (κ3) is 4.07. The second-order valence-electron chi connectivity index (χ2n) is 2.11. The van der Waals surface area contributed by atoms with Gasteiger partial charge in [0.25, 0.3) is 0 Å². The van der Waals surface area contributed by atoms with Crippen LogP contribution in [0.5, 0.6) is 0 Å². The molecule has 0 spiro atoms. The fourth-order valence-corrected chi connectivity index (χ4v) is 1.06. The molecule has 0 aliphatic heterocycles. The third-order valence-electron chi connectivity index (χ3n) is 1.19. The molecule has 0 N–H and O–H groups in total. The van der Waals surface area contributed by atoms with Crippen molar-refractivity contribution >= 4 is 35.6 Å². The molecule has 1 nitrogen and oxygen atoms in total. The molecule has 0 amide bonds. The Balaban J connectivity index is 0.00000144. The van der Waals surface area contributed by atoms with E-state index in [-0.39, 0.29) is 56.4 Å². The Morgan fingerprint density at radius 1 is 1.23 bits per heavy atom. The Morgan fingerprint density at radius 3 is 2.15 bits per heavy atom. The molecule has 0 atom stereocenters. The maximum absolute atomic E-state index is 12.1. The van der Waals surface area contributed by atoms with Crippen LogP contribution < -0.4 is 56.8 Å². The van der Waals surface area contributed by atoms with Gasteiger partial charge in [0.2, 0.25) is 0 Å². The van der Waals surface area contributed by atoms with E-state index in [4.69, 9.17) is 23.2 Å². The minimum Gasteiger partial charge on any atom is -0.445 e. The summed E-state index contributed by atoms with van der Waals surface area (Å²) in [5.41, 5.74) is -0.954. The molecule has 13 heavy (non-hydrogen) atoms. The van der Waals surface area contributed by atoms with Crippen molar-refractivity contribution in [3.8, 4) is 0 Å². The summed E-state index contributed by atoms with van der Waals surface area (Å²) in [5, 5.41) is -0.638. The second kappa shape index (κ2) is 5.34. The van der Waals surface area contributed by atoms with E-state index in [9.17, 15) is 12.9 Å². The number of aromatic nitrogens is 1. The molecule has 0 aliphatic carbocycles. The van der Waals surface area contributed by atoms with Crippen molar-refractivity contribution < 1.29 is 64.3 Å². The summed E-state index contributed by atoms with van der Waals surface area (Å²) in [7, 11) is 0. The SMILES string of the molecule is F[B-](F)(F)c1cc(Cl)cnc1Cl.[K+]. The van der Waals surface area contributed by atoms with Crippen LogP contribution in [0, 0.1) is 0 Å². The molecule has 0 bridgehead atoms. The van der Waals surface area contributed by atoms with E-state index < -0.39 is 17.6 Å². The zero-order valence-electron chi connectivity index (χ0n) is 6.57. The number of hydrogen-bond donors (Lipinski definition) is 0. The summed E-state index contributed by atoms with van der Waals surface area (Å²) in [5.74, 6) is 0. The van der Waals surface area contributed by atoms with Crippen molar-refractivity contribution in [2.45, 2.75) is 0 Å². The van der Waals surface area contributed by atoms with Crippen LogP contribution in [0.4, 0.5) is 12.9 Å². The molecular weight excluding hydrogens is 252 g/mol. The van der Waals surface area contributed by atoms with Crippen molar-refractivity contribution in [3.05, 3.63) is 22.4 Å². The molecule has 0 saturated heterocycles. The smallest absolute Gasteiger partial charge is 0.445 e. The van der Waals surface area contributed by atoms with Gasteiger partial charge < -0.3 is 12.9 Å². The largest absolute Gasteiger partial charge is 1.00 e. The molecular formula is C5H2BCl2F3KN. The number of rotatable bonds is 1. The van der Waals surface area contributed by atoms with E-state index in [0.717, 1.165) is 12.3 Å². The van der Waals surface area contributed by atoms with E-state index in [0.29, 0.717) is 0 Å². The minimum atomic E-state index is -5.13. The van der Waals surface area contributed by atoms with Crippen molar-refractivity contribution in [2.75, 3.05) is 0 Å². The van der Waals surface area contributed by atoms with Crippen LogP contribution in [-0.2, 0) is 0 Å². The van der Waals surface area contributed by atoms with Crippen LogP contribution in [0.15, 0.2) is 12.3 Å². The normalized spacial score (nSPS) is 10.8. The molecule has 0 radical (unpaired) electrons. The standard InChI is InChI=1S/C5H2BCl2F3N.K/c7-3-1-4(6(9,10)11)5(8)12-2-3;/h1-2H;/q-1;+1. The number of pyridine rings is 1. The summed E-state index contributed by atoms with van der Waals surface area (Å²) >= 11 is 10.5. The van der Waals surface area contributed by atoms with Gasteiger partial charge in [-0.3, -0.25) is 0 Å². The number of nitrogens with zero attached hydrogens (tertiary/aromatic N) is 1. The molecule has 0 aliphatic rings. The maximum atomic E-state index is 12.1. The van der Waals surface area contributed by atoms with Crippen LogP contribution in [0.3, 0.4) is 0 Å². The monoisotopic (exact) mass is 253 g/mol. The van der Waals surface area contributed by atoms with Gasteiger partial charge in [-0.15, -0.1) is 0 Å². The first-order valence-electron chi connectivity index (χ1n) is 2.92. The van der Waals surface area contributed by atoms with Crippen molar-refractivity contribution in [3.63, 3.8) is 0 Å². The van der Waals surface area contributed by atoms with Crippen molar-refractivity contribution in [1.82, 2.24) is 4.98 Å². The molecule has 8 heteroatoms. The van der Waals surface area contributed by atoms with E-state index in [1.54, 1.807) is 0 Å². The Labute approximate surface area is 125 Å². The van der Waals surface area contributed by atoms with Crippen LogP contribution in [0.25, 0.3) is 0 Å². The van der Waals surface area contributed by atoms with Crippen LogP contribution in [-0.4, -0.2) is 12.0 Å². The third-order valence-corrected chi connectivity index (χ3v) is 1.71. The van der Waals surface area contributed by atoms with E-state index in [1.165, 1.54) is 0 Å². The summed E-state index contributed by atoms with van der Waals surface area (Å²) < 4.78 is 36.3. The quantitative estimate of drug-likeness (QED) is 0.484. The van der Waals surface area contributed by atoms with E-state index in [2.05, 4.69) is 4.98 Å². The first kappa shape index (κ1) is 14.2. The van der Waals surface area contributed by atoms with E-state index in [1.807, 2.05) is 0 Å². The summed E-state index contributed by atoms with van der Waals surface area (Å²) in [6, 6.07) is 0.761. The predicted octanol–water partition coefficient (Wildman–Crippen LogP) is -0.553. The van der Waals surface area contributed by atoms with Gasteiger partial charge in [-0.25, -0.2) is 4.98 Å². The van der Waals surface area contributed by atoms with Gasteiger partial charge in [-0.2, -0.15) is 0 Å². The topological polar surface area (TPSA) is 12.9 Å². The van der Waals surface area contributed by atoms with Gasteiger partial charge in [0, 0.05) is 6.20 Å². The fourth-order valence-electron chi connectivity index (χ4n) is 0.668. The zero-order chi connectivity index (χ0) is 9.35. The van der Waals surface area contributed by atoms with Gasteiger partial charge >= 0.3 is 58.4 Å². The van der Waals surface area contributed by atoms with Crippen LogP contribution >= 0.6 is 23.2 Å². The molecule has 0 aromatic carbocycles. The summed E-state index contributed by atoms with van der Waals surface area (Å²) in [6.07, 6.45) is 1.06. The second-order valence-corrected chi connectivity index (χ2v) is 2.90. The van der Waals surface area contributed by atoms with Gasteiger partial charge in [-0.1, -0.05) is 34.7 Å². The van der Waals surface area contributed by atoms with Crippen molar-refractivity contribution in [2.24, 2.45) is 0 Å². The summed E-state index contributed by atoms with van der Waals surface area (Å²) in [4.78, 5) is 3.27. The molecule has 0 saturated carbocycles. The van der Waals surface area contributed by atoms with Gasteiger partial charge in [0.15, 0.2) is 0 Å². The van der Waals surface area contributed by atoms with Gasteiger partial charge in [0.05, 0.1) is 5.02 Å². The first-order chi connectivity index (χ1) is 5.41.